The monoisotopic (exact) mass is 407 g/mol. The molecular formula is C22H25N5OS. The Morgan fingerprint density at radius 2 is 1.90 bits per heavy atom. The van der Waals surface area contributed by atoms with E-state index < -0.39 is 0 Å². The second kappa shape index (κ2) is 9.22. The molecule has 0 aliphatic heterocycles. The van der Waals surface area contributed by atoms with E-state index in [4.69, 9.17) is 0 Å². The maximum absolute atomic E-state index is 12.7. The Balaban J connectivity index is 1.58. The first kappa shape index (κ1) is 19.6. The Morgan fingerprint density at radius 3 is 2.62 bits per heavy atom. The lowest BCUT2D eigenvalue weighted by Crippen LogP contribution is -2.40. The summed E-state index contributed by atoms with van der Waals surface area (Å²) in [4.78, 5) is 16.9. The number of rotatable bonds is 6. The third-order valence-corrected chi connectivity index (χ3v) is 6.21. The van der Waals surface area contributed by atoms with E-state index in [0.717, 1.165) is 24.1 Å². The minimum Gasteiger partial charge on any atom is -0.352 e. The molecule has 0 radical (unpaired) electrons. The molecule has 1 aliphatic carbocycles. The van der Waals surface area contributed by atoms with Crippen LogP contribution in [0, 0.1) is 0 Å². The summed E-state index contributed by atoms with van der Waals surface area (Å²) in [5.41, 5.74) is 1.84. The van der Waals surface area contributed by atoms with Crippen LogP contribution in [0.4, 0.5) is 0 Å². The molecule has 1 saturated carbocycles. The molecule has 1 atom stereocenters. The number of carbonyl (C=O) groups is 1. The highest BCUT2D eigenvalue weighted by molar-refractivity contribution is 8.00. The molecule has 3 aromatic rings. The van der Waals surface area contributed by atoms with E-state index in [2.05, 4.69) is 20.5 Å². The molecule has 0 bridgehead atoms. The summed E-state index contributed by atoms with van der Waals surface area (Å²) in [7, 11) is 0. The Bertz CT molecular complexity index is 938. The first-order valence-electron chi connectivity index (χ1n) is 10.1. The number of nitrogens with zero attached hydrogens (tertiary/aromatic N) is 4. The van der Waals surface area contributed by atoms with Crippen LogP contribution in [0.25, 0.3) is 17.1 Å². The van der Waals surface area contributed by atoms with Gasteiger partial charge in [0, 0.05) is 29.7 Å². The van der Waals surface area contributed by atoms with Gasteiger partial charge in [-0.05, 0) is 44.0 Å². The van der Waals surface area contributed by atoms with Crippen LogP contribution in [0.3, 0.4) is 0 Å². The molecule has 4 rings (SSSR count). The smallest absolute Gasteiger partial charge is 0.233 e. The molecule has 2 heterocycles. The highest BCUT2D eigenvalue weighted by Crippen LogP contribution is 2.30. The van der Waals surface area contributed by atoms with Crippen molar-refractivity contribution in [2.24, 2.45) is 0 Å². The summed E-state index contributed by atoms with van der Waals surface area (Å²) in [6.07, 6.45) is 9.33. The molecular weight excluding hydrogens is 382 g/mol. The van der Waals surface area contributed by atoms with Crippen LogP contribution in [0.5, 0.6) is 0 Å². The van der Waals surface area contributed by atoms with Gasteiger partial charge < -0.3 is 5.32 Å². The molecule has 1 fully saturated rings. The van der Waals surface area contributed by atoms with Crippen molar-refractivity contribution in [3.05, 3.63) is 54.9 Å². The van der Waals surface area contributed by atoms with Gasteiger partial charge in [0.2, 0.25) is 5.91 Å². The summed E-state index contributed by atoms with van der Waals surface area (Å²) < 4.78 is 1.99. The van der Waals surface area contributed by atoms with E-state index in [-0.39, 0.29) is 11.2 Å². The van der Waals surface area contributed by atoms with Gasteiger partial charge in [-0.25, -0.2) is 0 Å². The average molecular weight is 408 g/mol. The van der Waals surface area contributed by atoms with Gasteiger partial charge in [0.25, 0.3) is 0 Å². The number of nitrogens with one attached hydrogen (secondary N) is 1. The van der Waals surface area contributed by atoms with Crippen LogP contribution in [0.1, 0.15) is 39.0 Å². The zero-order chi connectivity index (χ0) is 20.1. The number of hydrogen-bond acceptors (Lipinski definition) is 5. The Morgan fingerprint density at radius 1 is 1.10 bits per heavy atom. The van der Waals surface area contributed by atoms with Gasteiger partial charge in [-0.1, -0.05) is 49.2 Å². The lowest BCUT2D eigenvalue weighted by molar-refractivity contribution is -0.121. The van der Waals surface area contributed by atoms with Crippen molar-refractivity contribution in [3.63, 3.8) is 0 Å². The normalized spacial score (nSPS) is 15.8. The van der Waals surface area contributed by atoms with E-state index in [1.807, 2.05) is 54.0 Å². The lowest BCUT2D eigenvalue weighted by atomic mass is 9.95. The molecule has 0 spiro atoms. The number of carbonyl (C=O) groups excluding carboxylic acids is 1. The second-order valence-electron chi connectivity index (χ2n) is 7.32. The van der Waals surface area contributed by atoms with E-state index in [9.17, 15) is 4.79 Å². The van der Waals surface area contributed by atoms with Crippen LogP contribution >= 0.6 is 11.8 Å². The molecule has 2 aromatic heterocycles. The number of thioether (sulfide) groups is 1. The molecule has 0 unspecified atom stereocenters. The molecule has 1 N–H and O–H groups in total. The maximum Gasteiger partial charge on any atom is 0.233 e. The van der Waals surface area contributed by atoms with Crippen LogP contribution in [0.2, 0.25) is 0 Å². The standard InChI is InChI=1S/C22H25N5OS/c1-16(21(28)24-18-10-4-2-5-11-18)29-22-26-25-20(17-9-8-14-23-15-17)27(22)19-12-6-3-7-13-19/h3,6-9,12-16,18H,2,4-5,10-11H2,1H3,(H,24,28)/t16-/m1/s1. The first-order valence-corrected chi connectivity index (χ1v) is 11.0. The largest absolute Gasteiger partial charge is 0.352 e. The van der Waals surface area contributed by atoms with Crippen molar-refractivity contribution in [1.29, 1.82) is 0 Å². The number of amides is 1. The summed E-state index contributed by atoms with van der Waals surface area (Å²) in [6, 6.07) is 14.1. The predicted octanol–water partition coefficient (Wildman–Crippen LogP) is 4.26. The summed E-state index contributed by atoms with van der Waals surface area (Å²) in [5, 5.41) is 12.5. The first-order chi connectivity index (χ1) is 14.2. The Labute approximate surface area is 175 Å². The highest BCUT2D eigenvalue weighted by atomic mass is 32.2. The van der Waals surface area contributed by atoms with Crippen molar-refractivity contribution >= 4 is 17.7 Å². The zero-order valence-corrected chi connectivity index (χ0v) is 17.3. The fourth-order valence-corrected chi connectivity index (χ4v) is 4.49. The molecule has 7 heteroatoms. The van der Waals surface area contributed by atoms with Crippen LogP contribution in [-0.2, 0) is 4.79 Å². The topological polar surface area (TPSA) is 72.7 Å². The molecule has 150 valence electrons. The van der Waals surface area contributed by atoms with Gasteiger partial charge in [0.05, 0.1) is 5.25 Å². The number of hydrogen-bond donors (Lipinski definition) is 1. The highest BCUT2D eigenvalue weighted by Gasteiger charge is 2.24. The fourth-order valence-electron chi connectivity index (χ4n) is 3.62. The van der Waals surface area contributed by atoms with Crippen molar-refractivity contribution in [1.82, 2.24) is 25.1 Å². The zero-order valence-electron chi connectivity index (χ0n) is 16.5. The minimum atomic E-state index is -0.259. The SMILES string of the molecule is C[C@@H](Sc1nnc(-c2cccnc2)n1-c1ccccc1)C(=O)NC1CCCCC1. The number of para-hydroxylation sites is 1. The van der Waals surface area contributed by atoms with Crippen LogP contribution in [-0.4, -0.2) is 36.9 Å². The average Bonchev–Trinajstić information content (AvgIpc) is 3.19. The van der Waals surface area contributed by atoms with Gasteiger partial charge in [0.1, 0.15) is 0 Å². The molecule has 0 saturated heterocycles. The van der Waals surface area contributed by atoms with Gasteiger partial charge in [-0.2, -0.15) is 0 Å². The summed E-state index contributed by atoms with van der Waals surface area (Å²) in [5.74, 6) is 0.777. The Kier molecular flexibility index (Phi) is 6.24. The van der Waals surface area contributed by atoms with E-state index >= 15 is 0 Å². The number of benzene rings is 1. The van der Waals surface area contributed by atoms with Crippen molar-refractivity contribution in [2.75, 3.05) is 0 Å². The van der Waals surface area contributed by atoms with Crippen molar-refractivity contribution < 1.29 is 4.79 Å². The molecule has 1 aliphatic rings. The van der Waals surface area contributed by atoms with E-state index in [0.29, 0.717) is 17.0 Å². The molecule has 1 amide bonds. The number of aromatic nitrogens is 4. The maximum atomic E-state index is 12.7. The molecule has 1 aromatic carbocycles. The summed E-state index contributed by atoms with van der Waals surface area (Å²) >= 11 is 1.43. The van der Waals surface area contributed by atoms with Crippen LogP contribution < -0.4 is 5.32 Å². The van der Waals surface area contributed by atoms with Crippen molar-refractivity contribution in [3.8, 4) is 17.1 Å². The van der Waals surface area contributed by atoms with Gasteiger partial charge in [-0.15, -0.1) is 10.2 Å². The molecule has 29 heavy (non-hydrogen) atoms. The van der Waals surface area contributed by atoms with Gasteiger partial charge in [0.15, 0.2) is 11.0 Å². The second-order valence-corrected chi connectivity index (χ2v) is 8.63. The van der Waals surface area contributed by atoms with E-state index in [1.165, 1.54) is 31.0 Å². The van der Waals surface area contributed by atoms with Crippen molar-refractivity contribution in [2.45, 2.75) is 55.5 Å². The third-order valence-electron chi connectivity index (χ3n) is 5.17. The lowest BCUT2D eigenvalue weighted by Gasteiger charge is -2.24. The fraction of sp³-hybridized carbons (Fsp3) is 0.364. The minimum absolute atomic E-state index is 0.0624. The Hall–Kier alpha value is -2.67. The van der Waals surface area contributed by atoms with Crippen LogP contribution in [0.15, 0.2) is 60.0 Å². The third kappa shape index (κ3) is 4.67. The van der Waals surface area contributed by atoms with Gasteiger partial charge in [-0.3, -0.25) is 14.3 Å². The number of pyridine rings is 1. The molecule has 6 nitrogen and oxygen atoms in total. The predicted molar refractivity (Wildman–Crippen MR) is 115 cm³/mol. The quantitative estimate of drug-likeness (QED) is 0.618. The summed E-state index contributed by atoms with van der Waals surface area (Å²) in [6.45, 7) is 1.93. The van der Waals surface area contributed by atoms with Gasteiger partial charge >= 0.3 is 0 Å². The van der Waals surface area contributed by atoms with E-state index in [1.54, 1.807) is 12.4 Å².